The molecule has 2 heterocycles. The summed E-state index contributed by atoms with van der Waals surface area (Å²) in [5.74, 6) is -0.193. The van der Waals surface area contributed by atoms with Gasteiger partial charge in [0.15, 0.2) is 15.6 Å². The van der Waals surface area contributed by atoms with Crippen molar-refractivity contribution in [2.75, 3.05) is 5.75 Å². The monoisotopic (exact) mass is 242 g/mol. The molecule has 0 amide bonds. The van der Waals surface area contributed by atoms with Crippen LogP contribution in [-0.2, 0) is 16.9 Å². The van der Waals surface area contributed by atoms with E-state index in [1.54, 1.807) is 13.1 Å². The molecular weight excluding hydrogens is 228 g/mol. The maximum absolute atomic E-state index is 12.1. The first kappa shape index (κ1) is 11.3. The summed E-state index contributed by atoms with van der Waals surface area (Å²) in [5.41, 5.74) is 0.371. The van der Waals surface area contributed by atoms with E-state index < -0.39 is 15.1 Å². The van der Waals surface area contributed by atoms with E-state index in [0.29, 0.717) is 18.5 Å². The summed E-state index contributed by atoms with van der Waals surface area (Å²) in [6, 6.07) is 1.56. The number of hydrogen-bond acceptors (Lipinski definition) is 4. The Bertz CT molecular complexity index is 504. The molecule has 1 atom stereocenters. The van der Waals surface area contributed by atoms with Crippen LogP contribution in [0, 0.1) is 0 Å². The Morgan fingerprint density at radius 3 is 2.81 bits per heavy atom. The molecule has 1 fully saturated rings. The molecule has 1 aliphatic heterocycles. The Kier molecular flexibility index (Phi) is 2.84. The molecule has 0 N–H and O–H groups in total. The van der Waals surface area contributed by atoms with Crippen LogP contribution in [0.5, 0.6) is 0 Å². The van der Waals surface area contributed by atoms with E-state index in [0.717, 1.165) is 6.42 Å². The maximum atomic E-state index is 12.1. The molecule has 1 aromatic heterocycles. The average Bonchev–Trinajstić information content (AvgIpc) is 2.63. The standard InChI is InChI=1S/C10H14N2O3S/c1-12-8(5-6-11-12)10(13)9-4-2-3-7-16(9,14)15/h5-6,9H,2-4,7H2,1H3. The SMILES string of the molecule is Cn1nccc1C(=O)C1CCCCS1(=O)=O. The highest BCUT2D eigenvalue weighted by molar-refractivity contribution is 7.92. The molecule has 0 aromatic carbocycles. The molecule has 2 rings (SSSR count). The van der Waals surface area contributed by atoms with Gasteiger partial charge in [0.2, 0.25) is 0 Å². The zero-order valence-corrected chi connectivity index (χ0v) is 9.90. The van der Waals surface area contributed by atoms with Gasteiger partial charge in [-0.1, -0.05) is 6.42 Å². The summed E-state index contributed by atoms with van der Waals surface area (Å²) < 4.78 is 25.0. The van der Waals surface area contributed by atoms with E-state index in [2.05, 4.69) is 5.10 Å². The minimum absolute atomic E-state index is 0.126. The molecule has 6 heteroatoms. The Labute approximate surface area is 94.4 Å². The first-order chi connectivity index (χ1) is 7.52. The number of carbonyl (C=O) groups is 1. The van der Waals surface area contributed by atoms with E-state index in [1.807, 2.05) is 0 Å². The van der Waals surface area contributed by atoms with Crippen LogP contribution in [0.3, 0.4) is 0 Å². The van der Waals surface area contributed by atoms with Gasteiger partial charge in [0, 0.05) is 13.2 Å². The topological polar surface area (TPSA) is 69.0 Å². The lowest BCUT2D eigenvalue weighted by molar-refractivity contribution is 0.0972. The van der Waals surface area contributed by atoms with Gasteiger partial charge in [-0.05, 0) is 18.9 Å². The number of nitrogens with zero attached hydrogens (tertiary/aromatic N) is 2. The molecular formula is C10H14N2O3S. The number of ketones is 1. The van der Waals surface area contributed by atoms with Gasteiger partial charge >= 0.3 is 0 Å². The molecule has 1 unspecified atom stereocenters. The number of hydrogen-bond donors (Lipinski definition) is 0. The highest BCUT2D eigenvalue weighted by Gasteiger charge is 2.36. The summed E-state index contributed by atoms with van der Waals surface area (Å²) in [6.07, 6.45) is 3.40. The van der Waals surface area contributed by atoms with E-state index in [1.165, 1.54) is 10.9 Å². The molecule has 88 valence electrons. The van der Waals surface area contributed by atoms with Gasteiger partial charge in [0.05, 0.1) is 5.75 Å². The van der Waals surface area contributed by atoms with Crippen LogP contribution >= 0.6 is 0 Å². The maximum Gasteiger partial charge on any atom is 0.198 e. The number of sulfone groups is 1. The fraction of sp³-hybridized carbons (Fsp3) is 0.600. The van der Waals surface area contributed by atoms with Gasteiger partial charge in [0.25, 0.3) is 0 Å². The zero-order chi connectivity index (χ0) is 11.8. The highest BCUT2D eigenvalue weighted by atomic mass is 32.2. The van der Waals surface area contributed by atoms with Crippen molar-refractivity contribution in [3.8, 4) is 0 Å². The smallest absolute Gasteiger partial charge is 0.198 e. The molecule has 0 aliphatic carbocycles. The molecule has 0 saturated carbocycles. The summed E-state index contributed by atoms with van der Waals surface area (Å²) in [6.45, 7) is 0. The minimum atomic E-state index is -3.26. The van der Waals surface area contributed by atoms with Crippen LogP contribution < -0.4 is 0 Å². The van der Waals surface area contributed by atoms with Gasteiger partial charge in [-0.15, -0.1) is 0 Å². The number of carbonyl (C=O) groups excluding carboxylic acids is 1. The Morgan fingerprint density at radius 1 is 1.50 bits per heavy atom. The number of Topliss-reactive ketones (excluding diaryl/α,β-unsaturated/α-hetero) is 1. The Hall–Kier alpha value is -1.17. The van der Waals surface area contributed by atoms with Crippen molar-refractivity contribution in [2.24, 2.45) is 7.05 Å². The molecule has 0 spiro atoms. The lowest BCUT2D eigenvalue weighted by Gasteiger charge is -2.20. The van der Waals surface area contributed by atoms with Gasteiger partial charge < -0.3 is 0 Å². The first-order valence-corrected chi connectivity index (χ1v) is 6.98. The molecule has 1 aliphatic rings. The number of aryl methyl sites for hydroxylation is 1. The predicted molar refractivity (Wildman–Crippen MR) is 59.0 cm³/mol. The summed E-state index contributed by atoms with van der Waals surface area (Å²) >= 11 is 0. The predicted octanol–water partition coefficient (Wildman–Crippen LogP) is 0.570. The molecule has 0 radical (unpaired) electrons. The van der Waals surface area contributed by atoms with Crippen molar-refractivity contribution in [1.29, 1.82) is 0 Å². The highest BCUT2D eigenvalue weighted by Crippen LogP contribution is 2.22. The zero-order valence-electron chi connectivity index (χ0n) is 9.09. The van der Waals surface area contributed by atoms with Crippen LogP contribution in [0.25, 0.3) is 0 Å². The third kappa shape index (κ3) is 1.89. The number of rotatable bonds is 2. The molecule has 1 aromatic rings. The lowest BCUT2D eigenvalue weighted by atomic mass is 10.1. The lowest BCUT2D eigenvalue weighted by Crippen LogP contribution is -2.36. The molecule has 16 heavy (non-hydrogen) atoms. The second kappa shape index (κ2) is 4.01. The Balaban J connectivity index is 2.32. The molecule has 5 nitrogen and oxygen atoms in total. The van der Waals surface area contributed by atoms with Crippen LogP contribution in [0.1, 0.15) is 29.8 Å². The fourth-order valence-electron chi connectivity index (χ4n) is 2.03. The number of aromatic nitrogens is 2. The van der Waals surface area contributed by atoms with Crippen LogP contribution in [0.4, 0.5) is 0 Å². The van der Waals surface area contributed by atoms with E-state index in [4.69, 9.17) is 0 Å². The second-order valence-corrected chi connectivity index (χ2v) is 6.36. The summed E-state index contributed by atoms with van der Waals surface area (Å²) in [5, 5.41) is 3.02. The van der Waals surface area contributed by atoms with Gasteiger partial charge in [-0.3, -0.25) is 9.48 Å². The van der Waals surface area contributed by atoms with Crippen molar-refractivity contribution in [3.63, 3.8) is 0 Å². The molecule has 1 saturated heterocycles. The van der Waals surface area contributed by atoms with Crippen LogP contribution in [-0.4, -0.2) is 35.0 Å². The fourth-order valence-corrected chi connectivity index (χ4v) is 3.89. The molecule has 0 bridgehead atoms. The van der Waals surface area contributed by atoms with E-state index in [9.17, 15) is 13.2 Å². The van der Waals surface area contributed by atoms with Crippen LogP contribution in [0.15, 0.2) is 12.3 Å². The quantitative estimate of drug-likeness (QED) is 0.711. The normalized spacial score (nSPS) is 24.2. The van der Waals surface area contributed by atoms with E-state index >= 15 is 0 Å². The Morgan fingerprint density at radius 2 is 2.25 bits per heavy atom. The van der Waals surface area contributed by atoms with Crippen molar-refractivity contribution in [2.45, 2.75) is 24.5 Å². The van der Waals surface area contributed by atoms with Gasteiger partial charge in [-0.25, -0.2) is 8.42 Å². The third-order valence-corrected chi connectivity index (χ3v) is 5.12. The third-order valence-electron chi connectivity index (χ3n) is 2.94. The van der Waals surface area contributed by atoms with Crippen molar-refractivity contribution < 1.29 is 13.2 Å². The van der Waals surface area contributed by atoms with Crippen molar-refractivity contribution in [1.82, 2.24) is 9.78 Å². The average molecular weight is 242 g/mol. The minimum Gasteiger partial charge on any atom is -0.291 e. The van der Waals surface area contributed by atoms with Gasteiger partial charge in [-0.2, -0.15) is 5.10 Å². The van der Waals surface area contributed by atoms with Crippen molar-refractivity contribution >= 4 is 15.6 Å². The first-order valence-electron chi connectivity index (χ1n) is 5.26. The van der Waals surface area contributed by atoms with Crippen molar-refractivity contribution in [3.05, 3.63) is 18.0 Å². The summed E-state index contributed by atoms with van der Waals surface area (Å²) in [4.78, 5) is 12.1. The largest absolute Gasteiger partial charge is 0.291 e. The van der Waals surface area contributed by atoms with Gasteiger partial charge in [0.1, 0.15) is 10.9 Å². The second-order valence-electron chi connectivity index (χ2n) is 4.06. The van der Waals surface area contributed by atoms with Crippen LogP contribution in [0.2, 0.25) is 0 Å². The van der Waals surface area contributed by atoms with E-state index in [-0.39, 0.29) is 11.5 Å². The summed E-state index contributed by atoms with van der Waals surface area (Å²) in [7, 11) is -1.61.